The lowest BCUT2D eigenvalue weighted by atomic mass is 9.97. The molecule has 0 radical (unpaired) electrons. The average molecular weight is 552 g/mol. The molecule has 2 aromatic heterocycles. The zero-order valence-electron chi connectivity index (χ0n) is 19.6. The number of rotatable bonds is 9. The molecule has 0 unspecified atom stereocenters. The van der Waals surface area contributed by atoms with Gasteiger partial charge < -0.3 is 25.1 Å². The van der Waals surface area contributed by atoms with Gasteiger partial charge in [0.15, 0.2) is 0 Å². The predicted molar refractivity (Wildman–Crippen MR) is 139 cm³/mol. The van der Waals surface area contributed by atoms with Crippen LogP contribution in [-0.2, 0) is 5.75 Å². The van der Waals surface area contributed by atoms with E-state index in [2.05, 4.69) is 16.0 Å². The van der Waals surface area contributed by atoms with E-state index in [9.17, 15) is 20.0 Å². The van der Waals surface area contributed by atoms with Crippen LogP contribution in [0.25, 0.3) is 22.6 Å². The Morgan fingerprint density at radius 2 is 1.82 bits per heavy atom. The molecule has 1 atom stereocenters. The maximum absolute atomic E-state index is 13.5. The molecular weight excluding hydrogens is 533 g/mol. The minimum absolute atomic E-state index is 0.0304. The summed E-state index contributed by atoms with van der Waals surface area (Å²) in [4.78, 5) is 8.67. The molecule has 0 saturated heterocycles. The largest absolute Gasteiger partial charge is 0.491 e. The van der Waals surface area contributed by atoms with E-state index in [0.717, 1.165) is 0 Å². The lowest BCUT2D eigenvalue weighted by molar-refractivity contribution is 0.0536. The van der Waals surface area contributed by atoms with Crippen LogP contribution in [0.15, 0.2) is 58.2 Å². The van der Waals surface area contributed by atoms with Gasteiger partial charge in [-0.1, -0.05) is 35.5 Å². The minimum atomic E-state index is -1.01. The number of thioether (sulfide) groups is 1. The number of aliphatic hydroxyl groups is 2. The van der Waals surface area contributed by atoms with E-state index in [4.69, 9.17) is 31.6 Å². The summed E-state index contributed by atoms with van der Waals surface area (Å²) in [6.07, 6.45) is 0.422. The molecule has 0 bridgehead atoms. The van der Waals surface area contributed by atoms with Gasteiger partial charge in [0.2, 0.25) is 5.89 Å². The van der Waals surface area contributed by atoms with Crippen molar-refractivity contribution in [3.05, 3.63) is 76.4 Å². The second-order valence-electron chi connectivity index (χ2n) is 7.88. The number of nitrogens with two attached hydrogens (primary N) is 1. The molecule has 38 heavy (non-hydrogen) atoms. The van der Waals surface area contributed by atoms with Crippen molar-refractivity contribution in [2.75, 3.05) is 18.9 Å². The number of anilines is 1. The molecule has 0 fully saturated rings. The third-order valence-corrected chi connectivity index (χ3v) is 6.59. The second-order valence-corrected chi connectivity index (χ2v) is 9.26. The molecule has 4 aromatic rings. The number of aromatic nitrogens is 2. The predicted octanol–water partition coefficient (Wildman–Crippen LogP) is 4.55. The Balaban J connectivity index is 1.60. The number of hydrogen-bond donors (Lipinski definition) is 3. The molecular formula is C26H19ClFN5O4S. The summed E-state index contributed by atoms with van der Waals surface area (Å²) < 4.78 is 24.4. The van der Waals surface area contributed by atoms with E-state index in [1.807, 2.05) is 6.07 Å². The highest BCUT2D eigenvalue weighted by molar-refractivity contribution is 7.98. The van der Waals surface area contributed by atoms with E-state index in [1.54, 1.807) is 24.3 Å². The van der Waals surface area contributed by atoms with Crippen LogP contribution in [-0.4, -0.2) is 39.5 Å². The Hall–Kier alpha value is -4.13. The summed E-state index contributed by atoms with van der Waals surface area (Å²) in [5.74, 6) is 0.371. The van der Waals surface area contributed by atoms with Gasteiger partial charge in [0.05, 0.1) is 22.9 Å². The Bertz CT molecular complexity index is 1550. The number of nitriles is 2. The first kappa shape index (κ1) is 26.9. The Kier molecular flexibility index (Phi) is 8.46. The van der Waals surface area contributed by atoms with Gasteiger partial charge in [-0.15, -0.1) is 0 Å². The van der Waals surface area contributed by atoms with Crippen molar-refractivity contribution in [1.82, 2.24) is 9.97 Å². The number of pyridine rings is 1. The zero-order valence-corrected chi connectivity index (χ0v) is 21.1. The number of nitrogens with zero attached hydrogens (tertiary/aromatic N) is 4. The highest BCUT2D eigenvalue weighted by Crippen LogP contribution is 2.37. The molecule has 9 nitrogen and oxygen atoms in total. The quantitative estimate of drug-likeness (QED) is 0.251. The minimum Gasteiger partial charge on any atom is -0.491 e. The van der Waals surface area contributed by atoms with Crippen molar-refractivity contribution in [3.8, 4) is 40.5 Å². The highest BCUT2D eigenvalue weighted by atomic mass is 35.5. The molecule has 4 rings (SSSR count). The van der Waals surface area contributed by atoms with Gasteiger partial charge in [-0.2, -0.15) is 10.5 Å². The second kappa shape index (κ2) is 11.9. The fraction of sp³-hybridized carbons (Fsp3) is 0.154. The standard InChI is InChI=1S/C26H19ClFN5O4S/c27-21-7-15(3-6-22(21)28)25-32-16(11-37-25)13-38-26-20(9-30)23(19(8-29)24(31)33-26)14-1-4-18(5-2-14)36-12-17(35)10-34/h1-7,11,17,34-35H,10,12-13H2,(H2,31,33)/t17-/m0/s1. The van der Waals surface area contributed by atoms with Gasteiger partial charge in [0, 0.05) is 16.9 Å². The number of hydrogen-bond acceptors (Lipinski definition) is 10. The number of benzene rings is 2. The van der Waals surface area contributed by atoms with Crippen LogP contribution < -0.4 is 10.5 Å². The summed E-state index contributed by atoms with van der Waals surface area (Å²) in [7, 11) is 0. The Labute approximate surface area is 225 Å². The lowest BCUT2D eigenvalue weighted by Crippen LogP contribution is -2.21. The summed E-state index contributed by atoms with van der Waals surface area (Å²) in [6, 6.07) is 14.8. The van der Waals surface area contributed by atoms with Gasteiger partial charge in [-0.05, 0) is 35.9 Å². The Morgan fingerprint density at radius 3 is 2.47 bits per heavy atom. The van der Waals surface area contributed by atoms with Gasteiger partial charge in [0.1, 0.15) is 59.1 Å². The molecule has 0 aliphatic carbocycles. The van der Waals surface area contributed by atoms with Crippen LogP contribution >= 0.6 is 23.4 Å². The summed E-state index contributed by atoms with van der Waals surface area (Å²) in [5, 5.41) is 38.4. The number of ether oxygens (including phenoxy) is 1. The van der Waals surface area contributed by atoms with E-state index < -0.39 is 18.5 Å². The topological polar surface area (TPSA) is 162 Å². The maximum atomic E-state index is 13.5. The van der Waals surface area contributed by atoms with Crippen LogP contribution in [0.3, 0.4) is 0 Å². The van der Waals surface area contributed by atoms with Crippen LogP contribution in [0.1, 0.15) is 16.8 Å². The number of oxazole rings is 1. The van der Waals surface area contributed by atoms with E-state index in [1.165, 1.54) is 36.2 Å². The highest BCUT2D eigenvalue weighted by Gasteiger charge is 2.21. The average Bonchev–Trinajstić information content (AvgIpc) is 3.41. The number of halogens is 2. The third-order valence-electron chi connectivity index (χ3n) is 5.29. The maximum Gasteiger partial charge on any atom is 0.226 e. The van der Waals surface area contributed by atoms with Crippen LogP contribution in [0.4, 0.5) is 10.2 Å². The van der Waals surface area contributed by atoms with Crippen LogP contribution in [0, 0.1) is 28.5 Å². The molecule has 2 heterocycles. The van der Waals surface area contributed by atoms with E-state index in [-0.39, 0.29) is 40.2 Å². The first-order chi connectivity index (χ1) is 18.3. The van der Waals surface area contributed by atoms with E-state index in [0.29, 0.717) is 33.2 Å². The first-order valence-corrected chi connectivity index (χ1v) is 12.4. The van der Waals surface area contributed by atoms with Gasteiger partial charge >= 0.3 is 0 Å². The van der Waals surface area contributed by atoms with Crippen molar-refractivity contribution in [3.63, 3.8) is 0 Å². The monoisotopic (exact) mass is 551 g/mol. The van der Waals surface area contributed by atoms with E-state index >= 15 is 0 Å². The van der Waals surface area contributed by atoms with Crippen molar-refractivity contribution in [2.45, 2.75) is 16.9 Å². The summed E-state index contributed by atoms with van der Waals surface area (Å²) in [6.45, 7) is -0.522. The van der Waals surface area contributed by atoms with Crippen molar-refractivity contribution in [2.24, 2.45) is 0 Å². The molecule has 4 N–H and O–H groups in total. The smallest absolute Gasteiger partial charge is 0.226 e. The van der Waals surface area contributed by atoms with Crippen molar-refractivity contribution >= 4 is 29.2 Å². The molecule has 0 aliphatic rings. The summed E-state index contributed by atoms with van der Waals surface area (Å²) in [5.41, 5.74) is 8.22. The summed E-state index contributed by atoms with van der Waals surface area (Å²) >= 11 is 7.03. The lowest BCUT2D eigenvalue weighted by Gasteiger charge is -2.14. The molecule has 0 amide bonds. The number of aliphatic hydroxyl groups excluding tert-OH is 2. The van der Waals surface area contributed by atoms with Crippen LogP contribution in [0.2, 0.25) is 5.02 Å². The molecule has 0 aliphatic heterocycles. The SMILES string of the molecule is N#Cc1c(N)nc(SCc2coc(-c3ccc(F)c(Cl)c3)n2)c(C#N)c1-c1ccc(OC[C@@H](O)CO)cc1. The molecule has 0 spiro atoms. The van der Waals surface area contributed by atoms with Gasteiger partial charge in [-0.3, -0.25) is 0 Å². The molecule has 2 aromatic carbocycles. The molecule has 12 heteroatoms. The molecule has 192 valence electrons. The van der Waals surface area contributed by atoms with Gasteiger partial charge in [-0.25, -0.2) is 14.4 Å². The normalized spacial score (nSPS) is 11.5. The zero-order chi connectivity index (χ0) is 27.2. The van der Waals surface area contributed by atoms with Crippen molar-refractivity contribution in [1.29, 1.82) is 10.5 Å². The first-order valence-electron chi connectivity index (χ1n) is 11.0. The fourth-order valence-electron chi connectivity index (χ4n) is 3.43. The third kappa shape index (κ3) is 5.88. The van der Waals surface area contributed by atoms with Gasteiger partial charge in [0.25, 0.3) is 0 Å². The fourth-order valence-corrected chi connectivity index (χ4v) is 4.48. The van der Waals surface area contributed by atoms with Crippen molar-refractivity contribution < 1.29 is 23.8 Å². The molecule has 0 saturated carbocycles. The Morgan fingerprint density at radius 1 is 1.11 bits per heavy atom. The van der Waals surface area contributed by atoms with Crippen LogP contribution in [0.5, 0.6) is 5.75 Å². The number of nitrogen functional groups attached to an aromatic ring is 1.